The maximum atomic E-state index is 5.20. The molecule has 1 saturated heterocycles. The first-order valence-electron chi connectivity index (χ1n) is 7.19. The van der Waals surface area contributed by atoms with Crippen molar-refractivity contribution in [2.24, 2.45) is 0 Å². The van der Waals surface area contributed by atoms with Gasteiger partial charge in [-0.05, 0) is 62.1 Å². The summed E-state index contributed by atoms with van der Waals surface area (Å²) in [4.78, 5) is 0. The van der Waals surface area contributed by atoms with Gasteiger partial charge >= 0.3 is 0 Å². The molecule has 1 fully saturated rings. The Morgan fingerprint density at radius 3 is 2.75 bits per heavy atom. The maximum Gasteiger partial charge on any atom is 0.119 e. The van der Waals surface area contributed by atoms with E-state index in [4.69, 9.17) is 4.74 Å². The van der Waals surface area contributed by atoms with Gasteiger partial charge in [0, 0.05) is 12.2 Å². The van der Waals surface area contributed by atoms with Crippen LogP contribution in [0.3, 0.4) is 0 Å². The van der Waals surface area contributed by atoms with Gasteiger partial charge in [-0.25, -0.2) is 4.68 Å². The summed E-state index contributed by atoms with van der Waals surface area (Å²) in [6.45, 7) is 4.36. The first-order valence-corrected chi connectivity index (χ1v) is 7.19. The molecular formula is C16H21N3O. The highest BCUT2D eigenvalue weighted by molar-refractivity contribution is 5.39. The van der Waals surface area contributed by atoms with Crippen molar-refractivity contribution in [2.45, 2.75) is 25.7 Å². The second kappa shape index (κ2) is 5.67. The van der Waals surface area contributed by atoms with E-state index in [9.17, 15) is 0 Å². The molecule has 1 atom stereocenters. The van der Waals surface area contributed by atoms with Crippen LogP contribution in [0.5, 0.6) is 5.75 Å². The zero-order chi connectivity index (χ0) is 13.9. The van der Waals surface area contributed by atoms with Gasteiger partial charge in [0.25, 0.3) is 0 Å². The molecule has 0 bridgehead atoms. The summed E-state index contributed by atoms with van der Waals surface area (Å²) < 4.78 is 7.21. The maximum absolute atomic E-state index is 5.20. The van der Waals surface area contributed by atoms with E-state index in [2.05, 4.69) is 17.3 Å². The van der Waals surface area contributed by atoms with Crippen LogP contribution in [0, 0.1) is 6.92 Å². The molecule has 0 saturated carbocycles. The molecule has 0 amide bonds. The number of nitrogens with zero attached hydrogens (tertiary/aromatic N) is 2. The molecule has 4 heteroatoms. The van der Waals surface area contributed by atoms with E-state index in [0.717, 1.165) is 24.5 Å². The van der Waals surface area contributed by atoms with E-state index < -0.39 is 0 Å². The Morgan fingerprint density at radius 1 is 1.30 bits per heavy atom. The van der Waals surface area contributed by atoms with Crippen LogP contribution >= 0.6 is 0 Å². The van der Waals surface area contributed by atoms with Gasteiger partial charge in [-0.15, -0.1) is 0 Å². The van der Waals surface area contributed by atoms with Crippen molar-refractivity contribution in [3.63, 3.8) is 0 Å². The molecule has 1 aromatic carbocycles. The predicted octanol–water partition coefficient (Wildman–Crippen LogP) is 2.66. The van der Waals surface area contributed by atoms with Gasteiger partial charge in [-0.1, -0.05) is 0 Å². The summed E-state index contributed by atoms with van der Waals surface area (Å²) in [7, 11) is 1.68. The summed E-state index contributed by atoms with van der Waals surface area (Å²) >= 11 is 0. The van der Waals surface area contributed by atoms with Crippen LogP contribution in [0.2, 0.25) is 0 Å². The highest BCUT2D eigenvalue weighted by Gasteiger charge is 2.20. The van der Waals surface area contributed by atoms with Crippen LogP contribution in [0.4, 0.5) is 0 Å². The summed E-state index contributed by atoms with van der Waals surface area (Å²) in [5.74, 6) is 1.46. The molecule has 1 N–H and O–H groups in total. The lowest BCUT2D eigenvalue weighted by Gasteiger charge is -2.22. The van der Waals surface area contributed by atoms with Crippen molar-refractivity contribution in [3.05, 3.63) is 41.7 Å². The lowest BCUT2D eigenvalue weighted by atomic mass is 9.92. The molecule has 0 radical (unpaired) electrons. The average molecular weight is 271 g/mol. The molecule has 1 unspecified atom stereocenters. The van der Waals surface area contributed by atoms with E-state index in [0.29, 0.717) is 5.92 Å². The quantitative estimate of drug-likeness (QED) is 0.933. The van der Waals surface area contributed by atoms with Gasteiger partial charge in [0.15, 0.2) is 0 Å². The van der Waals surface area contributed by atoms with Gasteiger partial charge in [0.05, 0.1) is 19.0 Å². The third-order valence-corrected chi connectivity index (χ3v) is 4.10. The lowest BCUT2D eigenvalue weighted by molar-refractivity contribution is 0.414. The van der Waals surface area contributed by atoms with Gasteiger partial charge in [0.2, 0.25) is 0 Å². The van der Waals surface area contributed by atoms with E-state index in [1.54, 1.807) is 7.11 Å². The highest BCUT2D eigenvalue weighted by Crippen LogP contribution is 2.27. The molecule has 1 aliphatic heterocycles. The third-order valence-electron chi connectivity index (χ3n) is 4.10. The molecule has 1 aliphatic rings. The molecule has 20 heavy (non-hydrogen) atoms. The zero-order valence-electron chi connectivity index (χ0n) is 12.1. The summed E-state index contributed by atoms with van der Waals surface area (Å²) in [5, 5.41) is 8.04. The topological polar surface area (TPSA) is 39.1 Å². The van der Waals surface area contributed by atoms with Gasteiger partial charge in [-0.3, -0.25) is 0 Å². The number of hydrogen-bond acceptors (Lipinski definition) is 3. The number of piperidine rings is 1. The molecule has 4 nitrogen and oxygen atoms in total. The number of aromatic nitrogens is 2. The van der Waals surface area contributed by atoms with Gasteiger partial charge in [-0.2, -0.15) is 5.10 Å². The smallest absolute Gasteiger partial charge is 0.119 e. The second-order valence-corrected chi connectivity index (χ2v) is 5.34. The number of benzene rings is 1. The standard InChI is InChI=1S/C16H21N3O/c1-12-16(13-4-3-9-17-10-13)11-18-19(12)14-5-7-15(20-2)8-6-14/h5-8,11,13,17H,3-4,9-10H2,1-2H3. The first-order chi connectivity index (χ1) is 9.79. The van der Waals surface area contributed by atoms with Crippen molar-refractivity contribution in [1.29, 1.82) is 0 Å². The fraction of sp³-hybridized carbons (Fsp3) is 0.438. The molecule has 2 heterocycles. The minimum atomic E-state index is 0.593. The van der Waals surface area contributed by atoms with Crippen LogP contribution in [0.1, 0.15) is 30.0 Å². The Bertz CT molecular complexity index is 568. The molecule has 0 spiro atoms. The Morgan fingerprint density at radius 2 is 2.10 bits per heavy atom. The lowest BCUT2D eigenvalue weighted by Crippen LogP contribution is -2.28. The predicted molar refractivity (Wildman–Crippen MR) is 79.7 cm³/mol. The van der Waals surface area contributed by atoms with E-state index in [1.807, 2.05) is 35.1 Å². The minimum Gasteiger partial charge on any atom is -0.497 e. The van der Waals surface area contributed by atoms with Crippen molar-refractivity contribution in [3.8, 4) is 11.4 Å². The zero-order valence-corrected chi connectivity index (χ0v) is 12.1. The summed E-state index contributed by atoms with van der Waals surface area (Å²) in [6.07, 6.45) is 4.53. The normalized spacial score (nSPS) is 19.0. The van der Waals surface area contributed by atoms with E-state index in [-0.39, 0.29) is 0 Å². The van der Waals surface area contributed by atoms with Crippen molar-refractivity contribution < 1.29 is 4.74 Å². The molecular weight excluding hydrogens is 250 g/mol. The van der Waals surface area contributed by atoms with Crippen LogP contribution in [0.25, 0.3) is 5.69 Å². The molecule has 2 aromatic rings. The monoisotopic (exact) mass is 271 g/mol. The number of nitrogens with one attached hydrogen (secondary N) is 1. The molecule has 0 aliphatic carbocycles. The summed E-state index contributed by atoms with van der Waals surface area (Å²) in [5.41, 5.74) is 3.69. The van der Waals surface area contributed by atoms with Crippen LogP contribution in [-0.2, 0) is 0 Å². The molecule has 106 valence electrons. The van der Waals surface area contributed by atoms with Gasteiger partial charge < -0.3 is 10.1 Å². The Hall–Kier alpha value is -1.81. The fourth-order valence-electron chi connectivity index (χ4n) is 2.92. The average Bonchev–Trinajstić information content (AvgIpc) is 2.90. The van der Waals surface area contributed by atoms with Crippen LogP contribution in [0.15, 0.2) is 30.5 Å². The Labute approximate surface area is 119 Å². The molecule has 3 rings (SSSR count). The van der Waals surface area contributed by atoms with E-state index >= 15 is 0 Å². The van der Waals surface area contributed by atoms with Crippen molar-refractivity contribution in [2.75, 3.05) is 20.2 Å². The SMILES string of the molecule is COc1ccc(-n2ncc(C3CCCNC3)c2C)cc1. The Balaban J connectivity index is 1.88. The van der Waals surface area contributed by atoms with Crippen molar-refractivity contribution >= 4 is 0 Å². The van der Waals surface area contributed by atoms with E-state index in [1.165, 1.54) is 24.1 Å². The number of hydrogen-bond donors (Lipinski definition) is 1. The van der Waals surface area contributed by atoms with Crippen LogP contribution in [-0.4, -0.2) is 30.0 Å². The fourth-order valence-corrected chi connectivity index (χ4v) is 2.92. The summed E-state index contributed by atoms with van der Waals surface area (Å²) in [6, 6.07) is 8.03. The van der Waals surface area contributed by atoms with Crippen LogP contribution < -0.4 is 10.1 Å². The number of ether oxygens (including phenoxy) is 1. The van der Waals surface area contributed by atoms with Crippen molar-refractivity contribution in [1.82, 2.24) is 15.1 Å². The number of rotatable bonds is 3. The molecule has 1 aromatic heterocycles. The van der Waals surface area contributed by atoms with Gasteiger partial charge in [0.1, 0.15) is 5.75 Å². The largest absolute Gasteiger partial charge is 0.497 e. The first kappa shape index (κ1) is 13.2. The minimum absolute atomic E-state index is 0.593. The number of methoxy groups -OCH3 is 1. The second-order valence-electron chi connectivity index (χ2n) is 5.34. The highest BCUT2D eigenvalue weighted by atomic mass is 16.5. The third kappa shape index (κ3) is 2.43. The Kier molecular flexibility index (Phi) is 3.74.